The predicted molar refractivity (Wildman–Crippen MR) is 90.5 cm³/mol. The lowest BCUT2D eigenvalue weighted by atomic mass is 9.74. The minimum absolute atomic E-state index is 0.229. The summed E-state index contributed by atoms with van der Waals surface area (Å²) in [6.45, 7) is 4.77. The Bertz CT molecular complexity index is 634. The van der Waals surface area contributed by atoms with Crippen molar-refractivity contribution in [1.29, 1.82) is 0 Å². The summed E-state index contributed by atoms with van der Waals surface area (Å²) in [7, 11) is 0. The standard InChI is InChI=1S/C18H24N4O2/c1-3-15(23-11-1)13-22-10-4-16-18(14-22,6-12-24-16)5-9-21-17-19-7-2-8-20-17/h1-3,7-8,11,16H,4-6,9-10,12-14H2,(H,19,20,21)/t16-,18+/m0/s1. The topological polar surface area (TPSA) is 63.4 Å². The normalized spacial score (nSPS) is 27.1. The van der Waals surface area contributed by atoms with Crippen LogP contribution in [0.2, 0.25) is 0 Å². The molecule has 6 nitrogen and oxygen atoms in total. The third kappa shape index (κ3) is 3.30. The third-order valence-corrected chi connectivity index (χ3v) is 5.28. The summed E-state index contributed by atoms with van der Waals surface area (Å²) in [4.78, 5) is 11.0. The van der Waals surface area contributed by atoms with Crippen LogP contribution in [0.5, 0.6) is 0 Å². The first-order valence-electron chi connectivity index (χ1n) is 8.71. The van der Waals surface area contributed by atoms with E-state index in [1.54, 1.807) is 18.7 Å². The summed E-state index contributed by atoms with van der Waals surface area (Å²) >= 11 is 0. The molecular formula is C18H24N4O2. The SMILES string of the molecule is c1cnc(NCC[C@]23CCO[C@H]2CCN(Cc2ccco2)C3)nc1. The minimum Gasteiger partial charge on any atom is -0.468 e. The molecule has 2 fully saturated rings. The van der Waals surface area contributed by atoms with E-state index >= 15 is 0 Å². The molecule has 2 aliphatic rings. The molecule has 0 aromatic carbocycles. The molecule has 0 bridgehead atoms. The van der Waals surface area contributed by atoms with Gasteiger partial charge in [-0.15, -0.1) is 0 Å². The lowest BCUT2D eigenvalue weighted by Crippen LogP contribution is -2.49. The van der Waals surface area contributed by atoms with Crippen molar-refractivity contribution in [3.8, 4) is 0 Å². The van der Waals surface area contributed by atoms with Crippen molar-refractivity contribution in [3.63, 3.8) is 0 Å². The highest BCUT2D eigenvalue weighted by Crippen LogP contribution is 2.43. The molecule has 0 aliphatic carbocycles. The Balaban J connectivity index is 1.38. The van der Waals surface area contributed by atoms with Crippen molar-refractivity contribution in [2.24, 2.45) is 5.41 Å². The molecule has 2 aromatic heterocycles. The first kappa shape index (κ1) is 15.6. The van der Waals surface area contributed by atoms with Gasteiger partial charge in [0.2, 0.25) is 5.95 Å². The van der Waals surface area contributed by atoms with Crippen molar-refractivity contribution in [2.45, 2.75) is 31.9 Å². The van der Waals surface area contributed by atoms with Gasteiger partial charge in [0.15, 0.2) is 0 Å². The lowest BCUT2D eigenvalue weighted by molar-refractivity contribution is -0.0244. The van der Waals surface area contributed by atoms with E-state index in [2.05, 4.69) is 26.3 Å². The molecule has 0 amide bonds. The number of likely N-dealkylation sites (tertiary alicyclic amines) is 1. The van der Waals surface area contributed by atoms with Crippen LogP contribution in [0, 0.1) is 5.41 Å². The highest BCUT2D eigenvalue weighted by Gasteiger charge is 2.47. The van der Waals surface area contributed by atoms with Crippen LogP contribution < -0.4 is 5.32 Å². The van der Waals surface area contributed by atoms with Crippen LogP contribution in [-0.4, -0.2) is 47.2 Å². The molecule has 2 aliphatic heterocycles. The molecule has 24 heavy (non-hydrogen) atoms. The first-order chi connectivity index (χ1) is 11.8. The van der Waals surface area contributed by atoms with Gasteiger partial charge in [0.05, 0.1) is 18.9 Å². The average Bonchev–Trinajstić information content (AvgIpc) is 3.25. The molecule has 1 N–H and O–H groups in total. The van der Waals surface area contributed by atoms with Crippen LogP contribution in [0.1, 0.15) is 25.0 Å². The van der Waals surface area contributed by atoms with Crippen molar-refractivity contribution in [3.05, 3.63) is 42.6 Å². The largest absolute Gasteiger partial charge is 0.468 e. The van der Waals surface area contributed by atoms with Gasteiger partial charge in [-0.3, -0.25) is 4.90 Å². The number of nitrogens with zero attached hydrogens (tertiary/aromatic N) is 3. The Labute approximate surface area is 142 Å². The summed E-state index contributed by atoms with van der Waals surface area (Å²) in [5.74, 6) is 1.74. The van der Waals surface area contributed by atoms with E-state index in [4.69, 9.17) is 9.15 Å². The molecule has 2 saturated heterocycles. The fourth-order valence-corrected chi connectivity index (χ4v) is 4.07. The van der Waals surface area contributed by atoms with Gasteiger partial charge in [0.25, 0.3) is 0 Å². The number of hydrogen-bond donors (Lipinski definition) is 1. The fourth-order valence-electron chi connectivity index (χ4n) is 4.07. The Morgan fingerprint density at radius 3 is 3.04 bits per heavy atom. The fraction of sp³-hybridized carbons (Fsp3) is 0.556. The molecule has 0 spiro atoms. The predicted octanol–water partition coefficient (Wildman–Crippen LogP) is 2.55. The van der Waals surface area contributed by atoms with Crippen LogP contribution in [0.25, 0.3) is 0 Å². The molecule has 4 rings (SSSR count). The zero-order valence-electron chi connectivity index (χ0n) is 13.9. The number of ether oxygens (including phenoxy) is 1. The molecule has 2 atom stereocenters. The molecule has 0 unspecified atom stereocenters. The Kier molecular flexibility index (Phi) is 4.49. The van der Waals surface area contributed by atoms with Gasteiger partial charge in [0.1, 0.15) is 5.76 Å². The van der Waals surface area contributed by atoms with Crippen molar-refractivity contribution in [1.82, 2.24) is 14.9 Å². The number of rotatable bonds is 6. The number of furan rings is 1. The van der Waals surface area contributed by atoms with Crippen LogP contribution in [-0.2, 0) is 11.3 Å². The summed E-state index contributed by atoms with van der Waals surface area (Å²) in [5, 5.41) is 3.34. The van der Waals surface area contributed by atoms with Gasteiger partial charge in [-0.25, -0.2) is 9.97 Å². The van der Waals surface area contributed by atoms with Gasteiger partial charge >= 0.3 is 0 Å². The molecule has 4 heterocycles. The number of anilines is 1. The maximum absolute atomic E-state index is 6.04. The van der Waals surface area contributed by atoms with E-state index in [-0.39, 0.29) is 5.41 Å². The molecule has 0 radical (unpaired) electrons. The van der Waals surface area contributed by atoms with Crippen molar-refractivity contribution < 1.29 is 9.15 Å². The summed E-state index contributed by atoms with van der Waals surface area (Å²) in [5.41, 5.74) is 0.229. The second-order valence-electron chi connectivity index (χ2n) is 6.80. The maximum atomic E-state index is 6.04. The minimum atomic E-state index is 0.229. The number of nitrogens with one attached hydrogen (secondary N) is 1. The van der Waals surface area contributed by atoms with Crippen molar-refractivity contribution >= 4 is 5.95 Å². The van der Waals surface area contributed by atoms with Gasteiger partial charge < -0.3 is 14.5 Å². The highest BCUT2D eigenvalue weighted by atomic mass is 16.5. The molecule has 2 aromatic rings. The van der Waals surface area contributed by atoms with E-state index in [9.17, 15) is 0 Å². The highest BCUT2D eigenvalue weighted by molar-refractivity contribution is 5.22. The van der Waals surface area contributed by atoms with Crippen molar-refractivity contribution in [2.75, 3.05) is 31.6 Å². The van der Waals surface area contributed by atoms with Crippen LogP contribution in [0.15, 0.2) is 41.3 Å². The Morgan fingerprint density at radius 1 is 1.29 bits per heavy atom. The van der Waals surface area contributed by atoms with Crippen LogP contribution in [0.3, 0.4) is 0 Å². The van der Waals surface area contributed by atoms with Gasteiger partial charge in [0, 0.05) is 44.0 Å². The van der Waals surface area contributed by atoms with E-state index < -0.39 is 0 Å². The summed E-state index contributed by atoms with van der Waals surface area (Å²) in [6.07, 6.45) is 8.96. The summed E-state index contributed by atoms with van der Waals surface area (Å²) < 4.78 is 11.6. The van der Waals surface area contributed by atoms with E-state index in [1.807, 2.05) is 12.1 Å². The third-order valence-electron chi connectivity index (χ3n) is 5.28. The van der Waals surface area contributed by atoms with E-state index in [0.29, 0.717) is 12.1 Å². The molecule has 0 saturated carbocycles. The zero-order chi connectivity index (χ0) is 16.2. The van der Waals surface area contributed by atoms with Crippen LogP contribution >= 0.6 is 0 Å². The number of fused-ring (bicyclic) bond motifs is 1. The second kappa shape index (κ2) is 6.91. The molecule has 128 valence electrons. The molecular weight excluding hydrogens is 304 g/mol. The molecule has 6 heteroatoms. The first-order valence-corrected chi connectivity index (χ1v) is 8.71. The smallest absolute Gasteiger partial charge is 0.222 e. The van der Waals surface area contributed by atoms with Gasteiger partial charge in [-0.1, -0.05) is 0 Å². The van der Waals surface area contributed by atoms with Gasteiger partial charge in [-0.2, -0.15) is 0 Å². The summed E-state index contributed by atoms with van der Waals surface area (Å²) in [6, 6.07) is 5.84. The van der Waals surface area contributed by atoms with E-state index in [1.165, 1.54) is 0 Å². The number of piperidine rings is 1. The maximum Gasteiger partial charge on any atom is 0.222 e. The van der Waals surface area contributed by atoms with Crippen LogP contribution in [0.4, 0.5) is 5.95 Å². The number of hydrogen-bond acceptors (Lipinski definition) is 6. The average molecular weight is 328 g/mol. The van der Waals surface area contributed by atoms with Gasteiger partial charge in [-0.05, 0) is 37.5 Å². The Hall–Kier alpha value is -1.92. The number of aromatic nitrogens is 2. The Morgan fingerprint density at radius 2 is 2.21 bits per heavy atom. The van der Waals surface area contributed by atoms with E-state index in [0.717, 1.165) is 57.8 Å². The zero-order valence-corrected chi connectivity index (χ0v) is 13.9. The quantitative estimate of drug-likeness (QED) is 0.879. The monoisotopic (exact) mass is 328 g/mol. The second-order valence-corrected chi connectivity index (χ2v) is 6.80. The lowest BCUT2D eigenvalue weighted by Gasteiger charge is -2.43.